The number of aliphatic hydroxyl groups is 1. The Morgan fingerprint density at radius 1 is 1.15 bits per heavy atom. The molecule has 1 heterocycles. The molecule has 0 fully saturated rings. The number of rotatable bonds is 14. The van der Waals surface area contributed by atoms with Crippen molar-refractivity contribution in [3.63, 3.8) is 0 Å². The third-order valence-corrected chi connectivity index (χ3v) is 5.33. The van der Waals surface area contributed by atoms with Crippen LogP contribution in [0.15, 0.2) is 67.3 Å². The van der Waals surface area contributed by atoms with E-state index in [0.29, 0.717) is 31.3 Å². The van der Waals surface area contributed by atoms with Crippen LogP contribution in [0.3, 0.4) is 0 Å². The Kier molecular flexibility index (Phi) is 9.70. The van der Waals surface area contributed by atoms with Gasteiger partial charge in [0.2, 0.25) is 5.88 Å². The maximum Gasteiger partial charge on any atom is 0.222 e. The van der Waals surface area contributed by atoms with E-state index in [4.69, 9.17) is 19.3 Å². The molecule has 0 radical (unpaired) electrons. The fourth-order valence-electron chi connectivity index (χ4n) is 3.84. The molecule has 1 atom stereocenters. The highest BCUT2D eigenvalue weighted by Gasteiger charge is 2.23. The van der Waals surface area contributed by atoms with E-state index in [1.807, 2.05) is 61.6 Å². The summed E-state index contributed by atoms with van der Waals surface area (Å²) in [4.78, 5) is 2.21. The van der Waals surface area contributed by atoms with Crippen molar-refractivity contribution in [3.05, 3.63) is 72.8 Å². The summed E-state index contributed by atoms with van der Waals surface area (Å²) in [6, 6.07) is 17.6. The molecular formula is C27H35N3O4. The highest BCUT2D eigenvalue weighted by atomic mass is 16.5. The van der Waals surface area contributed by atoms with Gasteiger partial charge < -0.3 is 19.3 Å². The maximum absolute atomic E-state index is 10.5. The third-order valence-electron chi connectivity index (χ3n) is 5.33. The molecule has 0 amide bonds. The van der Waals surface area contributed by atoms with Crippen molar-refractivity contribution in [2.45, 2.75) is 26.0 Å². The molecule has 0 saturated carbocycles. The molecule has 34 heavy (non-hydrogen) atoms. The summed E-state index contributed by atoms with van der Waals surface area (Å²) in [5.74, 6) is 2.05. The summed E-state index contributed by atoms with van der Waals surface area (Å²) < 4.78 is 18.9. The molecule has 182 valence electrons. The SMILES string of the molecule is C=CCOC[C@@H](O)CN(CCC)Cc1c(-c2ccccc2)nn(C)c1Oc1cccc(OC)c1. The first-order chi connectivity index (χ1) is 16.5. The number of ether oxygens (including phenoxy) is 3. The summed E-state index contributed by atoms with van der Waals surface area (Å²) in [5.41, 5.74) is 2.84. The van der Waals surface area contributed by atoms with Gasteiger partial charge in [-0.1, -0.05) is 49.4 Å². The third kappa shape index (κ3) is 6.93. The highest BCUT2D eigenvalue weighted by Crippen LogP contribution is 2.35. The Hall–Kier alpha value is -3.13. The van der Waals surface area contributed by atoms with Crippen LogP contribution in [-0.2, 0) is 18.3 Å². The van der Waals surface area contributed by atoms with Gasteiger partial charge in [-0.05, 0) is 25.1 Å². The van der Waals surface area contributed by atoms with E-state index in [-0.39, 0.29) is 6.61 Å². The molecule has 0 aliphatic carbocycles. The summed E-state index contributed by atoms with van der Waals surface area (Å²) in [7, 11) is 3.52. The molecule has 0 saturated heterocycles. The van der Waals surface area contributed by atoms with Gasteiger partial charge in [0, 0.05) is 31.8 Å². The summed E-state index contributed by atoms with van der Waals surface area (Å²) in [6.07, 6.45) is 2.03. The second kappa shape index (κ2) is 12.9. The molecule has 1 aromatic heterocycles. The first-order valence-corrected chi connectivity index (χ1v) is 11.6. The largest absolute Gasteiger partial charge is 0.497 e. The van der Waals surface area contributed by atoms with Crippen LogP contribution in [0.25, 0.3) is 11.3 Å². The molecule has 1 N–H and O–H groups in total. The second-order valence-corrected chi connectivity index (χ2v) is 8.12. The van der Waals surface area contributed by atoms with Gasteiger partial charge in [0.25, 0.3) is 0 Å². The Labute approximate surface area is 202 Å². The van der Waals surface area contributed by atoms with E-state index in [1.54, 1.807) is 17.9 Å². The average molecular weight is 466 g/mol. The number of aliphatic hydroxyl groups excluding tert-OH is 1. The standard InChI is InChI=1S/C27H35N3O4/c1-5-15-30(18-22(31)20-33-16-6-2)19-25-26(21-11-8-7-9-12-21)28-29(3)27(25)34-24-14-10-13-23(17-24)32-4/h6-14,17,22,31H,2,5,15-16,18-20H2,1,3-4H3/t22-/m0/s1. The molecule has 0 spiro atoms. The van der Waals surface area contributed by atoms with Crippen LogP contribution in [0.4, 0.5) is 0 Å². The topological polar surface area (TPSA) is 69.0 Å². The monoisotopic (exact) mass is 465 g/mol. The molecule has 3 aromatic rings. The van der Waals surface area contributed by atoms with Gasteiger partial charge in [0.15, 0.2) is 0 Å². The summed E-state index contributed by atoms with van der Waals surface area (Å²) in [5, 5.41) is 15.3. The number of benzene rings is 2. The number of hydrogen-bond acceptors (Lipinski definition) is 6. The molecule has 0 aliphatic heterocycles. The fraction of sp³-hybridized carbons (Fsp3) is 0.370. The molecule has 0 aliphatic rings. The fourth-order valence-corrected chi connectivity index (χ4v) is 3.84. The number of methoxy groups -OCH3 is 1. The van der Waals surface area contributed by atoms with Crippen molar-refractivity contribution in [1.82, 2.24) is 14.7 Å². The average Bonchev–Trinajstić information content (AvgIpc) is 3.15. The van der Waals surface area contributed by atoms with Gasteiger partial charge in [0.05, 0.1) is 32.0 Å². The lowest BCUT2D eigenvalue weighted by Crippen LogP contribution is -2.35. The summed E-state index contributed by atoms with van der Waals surface area (Å²) in [6.45, 7) is 8.33. The quantitative estimate of drug-likeness (QED) is 0.276. The van der Waals surface area contributed by atoms with Crippen LogP contribution in [0.1, 0.15) is 18.9 Å². The van der Waals surface area contributed by atoms with E-state index in [1.165, 1.54) is 0 Å². The molecule has 7 nitrogen and oxygen atoms in total. The summed E-state index contributed by atoms with van der Waals surface area (Å²) >= 11 is 0. The number of nitrogens with zero attached hydrogens (tertiary/aromatic N) is 3. The van der Waals surface area contributed by atoms with Gasteiger partial charge in [0.1, 0.15) is 17.2 Å². The van der Waals surface area contributed by atoms with Gasteiger partial charge in [-0.3, -0.25) is 4.90 Å². The van der Waals surface area contributed by atoms with Crippen LogP contribution in [0.5, 0.6) is 17.4 Å². The van der Waals surface area contributed by atoms with Crippen molar-refractivity contribution in [3.8, 4) is 28.6 Å². The van der Waals surface area contributed by atoms with Crippen molar-refractivity contribution in [2.75, 3.05) is 33.4 Å². The minimum absolute atomic E-state index is 0.262. The first kappa shape index (κ1) is 25.5. The van der Waals surface area contributed by atoms with Crippen molar-refractivity contribution in [1.29, 1.82) is 0 Å². The van der Waals surface area contributed by atoms with Crippen molar-refractivity contribution in [2.24, 2.45) is 7.05 Å². The number of aromatic nitrogens is 2. The predicted molar refractivity (Wildman–Crippen MR) is 134 cm³/mol. The Morgan fingerprint density at radius 2 is 1.91 bits per heavy atom. The van der Waals surface area contributed by atoms with Crippen LogP contribution in [0, 0.1) is 0 Å². The predicted octanol–water partition coefficient (Wildman–Crippen LogP) is 4.66. The molecular weight excluding hydrogens is 430 g/mol. The Morgan fingerprint density at radius 3 is 2.62 bits per heavy atom. The Balaban J connectivity index is 1.93. The van der Waals surface area contributed by atoms with Gasteiger partial charge in [-0.2, -0.15) is 5.10 Å². The smallest absolute Gasteiger partial charge is 0.222 e. The van der Waals surface area contributed by atoms with E-state index in [0.717, 1.165) is 35.5 Å². The first-order valence-electron chi connectivity index (χ1n) is 11.6. The van der Waals surface area contributed by atoms with Gasteiger partial charge >= 0.3 is 0 Å². The lowest BCUT2D eigenvalue weighted by atomic mass is 10.1. The highest BCUT2D eigenvalue weighted by molar-refractivity contribution is 5.65. The van der Waals surface area contributed by atoms with E-state index < -0.39 is 6.10 Å². The molecule has 7 heteroatoms. The minimum Gasteiger partial charge on any atom is -0.497 e. The van der Waals surface area contributed by atoms with Crippen LogP contribution in [-0.4, -0.2) is 59.3 Å². The number of hydrogen-bond donors (Lipinski definition) is 1. The normalized spacial score (nSPS) is 12.0. The minimum atomic E-state index is -0.605. The molecule has 3 rings (SSSR count). The van der Waals surface area contributed by atoms with Gasteiger partial charge in [-0.15, -0.1) is 6.58 Å². The van der Waals surface area contributed by atoms with Gasteiger partial charge in [-0.25, -0.2) is 4.68 Å². The zero-order valence-corrected chi connectivity index (χ0v) is 20.3. The zero-order valence-electron chi connectivity index (χ0n) is 20.3. The molecule has 0 unspecified atom stereocenters. The van der Waals surface area contributed by atoms with Crippen molar-refractivity contribution < 1.29 is 19.3 Å². The van der Waals surface area contributed by atoms with E-state index in [9.17, 15) is 5.11 Å². The lowest BCUT2D eigenvalue weighted by molar-refractivity contribution is 0.0245. The van der Waals surface area contributed by atoms with E-state index >= 15 is 0 Å². The number of aryl methyl sites for hydroxylation is 1. The van der Waals surface area contributed by atoms with Crippen molar-refractivity contribution >= 4 is 0 Å². The van der Waals surface area contributed by atoms with E-state index in [2.05, 4.69) is 18.4 Å². The van der Waals surface area contributed by atoms with Crippen LogP contribution in [0.2, 0.25) is 0 Å². The second-order valence-electron chi connectivity index (χ2n) is 8.12. The van der Waals surface area contributed by atoms with Crippen LogP contribution >= 0.6 is 0 Å². The zero-order chi connectivity index (χ0) is 24.3. The van der Waals surface area contributed by atoms with Crippen LogP contribution < -0.4 is 9.47 Å². The maximum atomic E-state index is 10.5. The molecule has 0 bridgehead atoms. The lowest BCUT2D eigenvalue weighted by Gasteiger charge is -2.25. The Bertz CT molecular complexity index is 1040. The molecule has 2 aromatic carbocycles.